The first kappa shape index (κ1) is 18.9. The van der Waals surface area contributed by atoms with E-state index >= 15 is 0 Å². The average Bonchev–Trinajstić information content (AvgIpc) is 3.20. The molecule has 0 aliphatic heterocycles. The van der Waals surface area contributed by atoms with E-state index in [-0.39, 0.29) is 5.78 Å². The molecule has 0 fully saturated rings. The first-order valence-corrected chi connectivity index (χ1v) is 9.55. The Morgan fingerprint density at radius 1 is 1.17 bits per heavy atom. The maximum absolute atomic E-state index is 13.1. The maximum Gasteiger partial charge on any atom is 0.333 e. The molecule has 4 rings (SSSR count). The largest absolute Gasteiger partial charge is 0.333 e. The van der Waals surface area contributed by atoms with Gasteiger partial charge in [0.25, 0.3) is 5.56 Å². The van der Waals surface area contributed by atoms with Crippen molar-refractivity contribution in [3.63, 3.8) is 0 Å². The van der Waals surface area contributed by atoms with E-state index in [1.54, 1.807) is 18.4 Å². The van der Waals surface area contributed by atoms with Crippen LogP contribution in [0.1, 0.15) is 31.1 Å². The number of hydrogen-bond donors (Lipinski definition) is 0. The molecule has 0 amide bonds. The number of ketones is 1. The highest BCUT2D eigenvalue weighted by molar-refractivity contribution is 5.80. The number of fused-ring (bicyclic) bond motifs is 3. The summed E-state index contributed by atoms with van der Waals surface area (Å²) in [5.41, 5.74) is 1.74. The van der Waals surface area contributed by atoms with Crippen molar-refractivity contribution in [1.29, 1.82) is 0 Å². The molecule has 29 heavy (non-hydrogen) atoms. The van der Waals surface area contributed by atoms with Crippen molar-refractivity contribution >= 4 is 22.7 Å². The summed E-state index contributed by atoms with van der Waals surface area (Å²) in [4.78, 5) is 42.3. The van der Waals surface area contributed by atoms with Gasteiger partial charge in [-0.3, -0.25) is 18.6 Å². The molecular formula is C21H23N5O3. The van der Waals surface area contributed by atoms with Crippen LogP contribution in [0.15, 0.2) is 46.1 Å². The van der Waals surface area contributed by atoms with Gasteiger partial charge in [0.05, 0.1) is 6.04 Å². The second-order valence-electron chi connectivity index (χ2n) is 7.42. The summed E-state index contributed by atoms with van der Waals surface area (Å²) in [6.07, 6.45) is 2.67. The highest BCUT2D eigenvalue weighted by Gasteiger charge is 2.23. The van der Waals surface area contributed by atoms with E-state index in [2.05, 4.69) is 17.1 Å². The molecule has 1 atom stereocenters. The van der Waals surface area contributed by atoms with Crippen molar-refractivity contribution in [2.75, 3.05) is 0 Å². The van der Waals surface area contributed by atoms with Crippen molar-refractivity contribution in [2.24, 2.45) is 7.05 Å². The summed E-state index contributed by atoms with van der Waals surface area (Å²) in [7, 11) is 1.57. The van der Waals surface area contributed by atoms with Gasteiger partial charge >= 0.3 is 5.69 Å². The first-order chi connectivity index (χ1) is 13.8. The van der Waals surface area contributed by atoms with Gasteiger partial charge in [0.2, 0.25) is 5.78 Å². The minimum Gasteiger partial charge on any atom is -0.314 e. The molecule has 8 nitrogen and oxygen atoms in total. The topological polar surface area (TPSA) is 83.3 Å². The number of aryl methyl sites for hydroxylation is 4. The van der Waals surface area contributed by atoms with E-state index in [9.17, 15) is 14.4 Å². The van der Waals surface area contributed by atoms with Crippen molar-refractivity contribution < 1.29 is 4.79 Å². The van der Waals surface area contributed by atoms with Crippen LogP contribution in [0.2, 0.25) is 0 Å². The molecular weight excluding hydrogens is 370 g/mol. The SMILES string of the molecule is CC(=O)C(C)n1c(=O)c2c(nc3n(CCc4ccccc4)c(C)cn23)n(C)c1=O. The molecule has 8 heteroatoms. The van der Waals surface area contributed by atoms with Crippen LogP contribution in [0.4, 0.5) is 0 Å². The fraction of sp³-hybridized carbons (Fsp3) is 0.333. The second-order valence-corrected chi connectivity index (χ2v) is 7.42. The summed E-state index contributed by atoms with van der Waals surface area (Å²) in [5, 5.41) is 0. The zero-order valence-corrected chi connectivity index (χ0v) is 16.9. The summed E-state index contributed by atoms with van der Waals surface area (Å²) in [6, 6.07) is 9.31. The monoisotopic (exact) mass is 393 g/mol. The molecule has 0 aliphatic carbocycles. The van der Waals surface area contributed by atoms with Crippen LogP contribution in [0, 0.1) is 6.92 Å². The third kappa shape index (κ3) is 2.91. The fourth-order valence-electron chi connectivity index (χ4n) is 3.71. The maximum atomic E-state index is 13.1. The summed E-state index contributed by atoms with van der Waals surface area (Å²) >= 11 is 0. The van der Waals surface area contributed by atoms with Crippen molar-refractivity contribution in [2.45, 2.75) is 39.8 Å². The first-order valence-electron chi connectivity index (χ1n) is 9.55. The second kappa shape index (κ2) is 6.88. The van der Waals surface area contributed by atoms with Crippen molar-refractivity contribution in [3.05, 3.63) is 68.6 Å². The number of aromatic nitrogens is 5. The standard InChI is InChI=1S/C21H23N5O3/c1-13-12-25-17-18(23(4)21(29)26(19(17)28)14(2)15(3)27)22-20(25)24(13)11-10-16-8-6-5-7-9-16/h5-9,12,14H,10-11H2,1-4H3. The quantitative estimate of drug-likeness (QED) is 0.518. The van der Waals surface area contributed by atoms with Gasteiger partial charge in [0.1, 0.15) is 0 Å². The lowest BCUT2D eigenvalue weighted by Crippen LogP contribution is -2.42. The van der Waals surface area contributed by atoms with Gasteiger partial charge in [-0.25, -0.2) is 9.36 Å². The van der Waals surface area contributed by atoms with Gasteiger partial charge < -0.3 is 4.57 Å². The molecule has 1 aromatic carbocycles. The lowest BCUT2D eigenvalue weighted by atomic mass is 10.1. The van der Waals surface area contributed by atoms with Crippen LogP contribution in [0.3, 0.4) is 0 Å². The third-order valence-electron chi connectivity index (χ3n) is 5.53. The molecule has 0 bridgehead atoms. The molecule has 0 spiro atoms. The zero-order chi connectivity index (χ0) is 20.9. The molecule has 0 aliphatic rings. The van der Waals surface area contributed by atoms with Crippen LogP contribution < -0.4 is 11.2 Å². The van der Waals surface area contributed by atoms with Gasteiger partial charge in [0.15, 0.2) is 16.9 Å². The lowest BCUT2D eigenvalue weighted by Gasteiger charge is -2.12. The normalized spacial score (nSPS) is 12.7. The lowest BCUT2D eigenvalue weighted by molar-refractivity contribution is -0.119. The Hall–Kier alpha value is -3.42. The molecule has 3 aromatic heterocycles. The number of imidazole rings is 2. The predicted octanol–water partition coefficient (Wildman–Crippen LogP) is 1.85. The Balaban J connectivity index is 1.92. The summed E-state index contributed by atoms with van der Waals surface area (Å²) in [5.74, 6) is 0.356. The highest BCUT2D eigenvalue weighted by Crippen LogP contribution is 2.17. The molecule has 150 valence electrons. The summed E-state index contributed by atoms with van der Waals surface area (Å²) < 4.78 is 6.10. The molecule has 1 unspecified atom stereocenters. The van der Waals surface area contributed by atoms with E-state index < -0.39 is 17.3 Å². The number of hydrogen-bond acceptors (Lipinski definition) is 4. The smallest absolute Gasteiger partial charge is 0.314 e. The number of benzene rings is 1. The van der Waals surface area contributed by atoms with E-state index in [1.807, 2.05) is 35.9 Å². The van der Waals surface area contributed by atoms with Gasteiger partial charge in [0, 0.05) is 25.5 Å². The number of carbonyl (C=O) groups excluding carboxylic acids is 1. The third-order valence-corrected chi connectivity index (χ3v) is 5.53. The van der Waals surface area contributed by atoms with E-state index in [4.69, 9.17) is 0 Å². The Morgan fingerprint density at radius 2 is 1.86 bits per heavy atom. The molecule has 3 heterocycles. The minimum atomic E-state index is -0.836. The number of carbonyl (C=O) groups is 1. The number of nitrogens with zero attached hydrogens (tertiary/aromatic N) is 5. The molecule has 4 aromatic rings. The van der Waals surface area contributed by atoms with Crippen molar-refractivity contribution in [3.8, 4) is 0 Å². The molecule has 0 saturated heterocycles. The molecule has 0 radical (unpaired) electrons. The van der Waals surface area contributed by atoms with Crippen LogP contribution in [0.25, 0.3) is 16.9 Å². The van der Waals surface area contributed by atoms with Crippen LogP contribution in [0.5, 0.6) is 0 Å². The number of rotatable bonds is 5. The Labute approximate surface area is 166 Å². The van der Waals surface area contributed by atoms with Crippen LogP contribution in [-0.4, -0.2) is 28.9 Å². The molecule has 0 saturated carbocycles. The molecule has 0 N–H and O–H groups in total. The average molecular weight is 393 g/mol. The van der Waals surface area contributed by atoms with Gasteiger partial charge in [-0.05, 0) is 32.8 Å². The number of Topliss-reactive ketones (excluding diaryl/α,β-unsaturated/α-hetero) is 1. The van der Waals surface area contributed by atoms with Crippen LogP contribution in [-0.2, 0) is 24.8 Å². The highest BCUT2D eigenvalue weighted by atomic mass is 16.2. The fourth-order valence-corrected chi connectivity index (χ4v) is 3.71. The van der Waals surface area contributed by atoms with Crippen LogP contribution >= 0.6 is 0 Å². The summed E-state index contributed by atoms with van der Waals surface area (Å²) in [6.45, 7) is 5.59. The van der Waals surface area contributed by atoms with E-state index in [1.165, 1.54) is 17.1 Å². The Bertz CT molecular complexity index is 1350. The Kier molecular flexibility index (Phi) is 4.49. The Morgan fingerprint density at radius 3 is 2.52 bits per heavy atom. The van der Waals surface area contributed by atoms with E-state index in [0.29, 0.717) is 23.5 Å². The van der Waals surface area contributed by atoms with Crippen molar-refractivity contribution in [1.82, 2.24) is 23.1 Å². The van der Waals surface area contributed by atoms with Gasteiger partial charge in [-0.2, -0.15) is 4.98 Å². The predicted molar refractivity (Wildman–Crippen MR) is 110 cm³/mol. The zero-order valence-electron chi connectivity index (χ0n) is 16.9. The van der Waals surface area contributed by atoms with E-state index in [0.717, 1.165) is 16.7 Å². The minimum absolute atomic E-state index is 0.249. The van der Waals surface area contributed by atoms with Gasteiger partial charge in [-0.15, -0.1) is 0 Å². The van der Waals surface area contributed by atoms with Gasteiger partial charge in [-0.1, -0.05) is 30.3 Å².